The molecule has 0 amide bonds. The maximum atomic E-state index is 11.6. The van der Waals surface area contributed by atoms with Crippen LogP contribution in [-0.2, 0) is 11.2 Å². The van der Waals surface area contributed by atoms with Gasteiger partial charge in [0.05, 0.1) is 12.7 Å². The molecule has 0 fully saturated rings. The molecule has 21 heavy (non-hydrogen) atoms. The number of fused-ring (bicyclic) bond motifs is 3. The second kappa shape index (κ2) is 4.76. The molecule has 1 aliphatic heterocycles. The van der Waals surface area contributed by atoms with Gasteiger partial charge in [-0.1, -0.05) is 19.1 Å². The number of rotatable bonds is 1. The maximum Gasteiger partial charge on any atom is 0.337 e. The minimum Gasteiger partial charge on any atom is -0.487 e. The molecule has 3 nitrogen and oxygen atoms in total. The van der Waals surface area contributed by atoms with E-state index >= 15 is 0 Å². The van der Waals surface area contributed by atoms with Crippen LogP contribution in [0.1, 0.15) is 36.7 Å². The molecule has 1 aliphatic rings. The van der Waals surface area contributed by atoms with Crippen LogP contribution in [0.4, 0.5) is 0 Å². The first-order valence-electron chi connectivity index (χ1n) is 7.25. The third-order valence-corrected chi connectivity index (χ3v) is 4.58. The van der Waals surface area contributed by atoms with Crippen molar-refractivity contribution in [3.63, 3.8) is 0 Å². The average molecular weight is 284 g/mol. The van der Waals surface area contributed by atoms with Gasteiger partial charge in [-0.15, -0.1) is 0 Å². The van der Waals surface area contributed by atoms with Gasteiger partial charge in [-0.2, -0.15) is 0 Å². The summed E-state index contributed by atoms with van der Waals surface area (Å²) in [5.41, 5.74) is 1.66. The molecule has 110 valence electrons. The molecule has 0 radical (unpaired) electrons. The van der Waals surface area contributed by atoms with E-state index in [2.05, 4.69) is 20.8 Å². The Morgan fingerprint density at radius 2 is 2.05 bits per heavy atom. The lowest BCUT2D eigenvalue weighted by Crippen LogP contribution is -2.40. The van der Waals surface area contributed by atoms with Crippen molar-refractivity contribution in [2.75, 3.05) is 7.11 Å². The number of hydrogen-bond donors (Lipinski definition) is 0. The van der Waals surface area contributed by atoms with E-state index in [1.807, 2.05) is 30.3 Å². The highest BCUT2D eigenvalue weighted by atomic mass is 16.5. The van der Waals surface area contributed by atoms with Gasteiger partial charge in [0.1, 0.15) is 11.4 Å². The van der Waals surface area contributed by atoms with Crippen LogP contribution in [-0.4, -0.2) is 18.7 Å². The van der Waals surface area contributed by atoms with Crippen molar-refractivity contribution in [3.8, 4) is 5.75 Å². The Labute approximate surface area is 124 Å². The van der Waals surface area contributed by atoms with Crippen molar-refractivity contribution in [2.24, 2.45) is 5.92 Å². The van der Waals surface area contributed by atoms with Crippen molar-refractivity contribution < 1.29 is 14.3 Å². The third kappa shape index (κ3) is 2.27. The lowest BCUT2D eigenvalue weighted by molar-refractivity contribution is 0.0360. The Bertz CT molecular complexity index is 716. The molecule has 1 heterocycles. The van der Waals surface area contributed by atoms with Crippen LogP contribution in [0.25, 0.3) is 10.8 Å². The second-order valence-electron chi connectivity index (χ2n) is 6.28. The fourth-order valence-corrected chi connectivity index (χ4v) is 2.86. The lowest BCUT2D eigenvalue weighted by atomic mass is 9.82. The van der Waals surface area contributed by atoms with Gasteiger partial charge in [0, 0.05) is 5.56 Å². The Balaban J connectivity index is 2.13. The van der Waals surface area contributed by atoms with Gasteiger partial charge in [-0.3, -0.25) is 0 Å². The summed E-state index contributed by atoms with van der Waals surface area (Å²) in [6.45, 7) is 6.47. The number of esters is 1. The summed E-state index contributed by atoms with van der Waals surface area (Å²) in [5, 5.41) is 2.20. The molecule has 2 aromatic rings. The zero-order valence-corrected chi connectivity index (χ0v) is 12.9. The predicted octanol–water partition coefficient (Wildman–Crippen LogP) is 3.98. The molecule has 0 saturated heterocycles. The van der Waals surface area contributed by atoms with E-state index in [0.717, 1.165) is 22.9 Å². The molecular weight excluding hydrogens is 264 g/mol. The molecule has 0 aliphatic carbocycles. The van der Waals surface area contributed by atoms with Crippen molar-refractivity contribution in [1.82, 2.24) is 0 Å². The van der Waals surface area contributed by atoms with E-state index in [0.29, 0.717) is 11.5 Å². The Kier molecular flexibility index (Phi) is 3.16. The first kappa shape index (κ1) is 13.9. The van der Waals surface area contributed by atoms with Crippen LogP contribution in [0.5, 0.6) is 5.75 Å². The molecule has 0 bridgehead atoms. The molecular formula is C18H20O3. The minimum absolute atomic E-state index is 0.146. The van der Waals surface area contributed by atoms with Crippen molar-refractivity contribution in [1.29, 1.82) is 0 Å². The van der Waals surface area contributed by atoms with E-state index < -0.39 is 0 Å². The van der Waals surface area contributed by atoms with Gasteiger partial charge in [0.2, 0.25) is 0 Å². The number of hydrogen-bond acceptors (Lipinski definition) is 3. The SMILES string of the molecule is COC(=O)c1ccc2c3c(ccc2c1)OC(C)(C)C(C)C3. The van der Waals surface area contributed by atoms with Gasteiger partial charge in [-0.25, -0.2) is 4.79 Å². The summed E-state index contributed by atoms with van der Waals surface area (Å²) < 4.78 is 10.9. The number of methoxy groups -OCH3 is 1. The number of ether oxygens (including phenoxy) is 2. The van der Waals surface area contributed by atoms with Crippen molar-refractivity contribution in [3.05, 3.63) is 41.5 Å². The average Bonchev–Trinajstić information content (AvgIpc) is 2.47. The Morgan fingerprint density at radius 1 is 1.29 bits per heavy atom. The van der Waals surface area contributed by atoms with Crippen LogP contribution in [0.15, 0.2) is 30.3 Å². The lowest BCUT2D eigenvalue weighted by Gasteiger charge is -2.38. The summed E-state index contributed by atoms with van der Waals surface area (Å²) in [6.07, 6.45) is 0.983. The van der Waals surface area contributed by atoms with E-state index in [1.165, 1.54) is 12.7 Å². The van der Waals surface area contributed by atoms with Crippen LogP contribution < -0.4 is 4.74 Å². The quantitative estimate of drug-likeness (QED) is 0.743. The highest BCUT2D eigenvalue weighted by molar-refractivity contribution is 5.97. The van der Waals surface area contributed by atoms with Gasteiger partial charge < -0.3 is 9.47 Å². The van der Waals surface area contributed by atoms with Gasteiger partial charge in [0.15, 0.2) is 0 Å². The van der Waals surface area contributed by atoms with Crippen molar-refractivity contribution >= 4 is 16.7 Å². The molecule has 0 N–H and O–H groups in total. The zero-order valence-electron chi connectivity index (χ0n) is 12.9. The van der Waals surface area contributed by atoms with E-state index in [4.69, 9.17) is 9.47 Å². The van der Waals surface area contributed by atoms with E-state index in [1.54, 1.807) is 0 Å². The molecule has 1 atom stereocenters. The largest absolute Gasteiger partial charge is 0.487 e. The van der Waals surface area contributed by atoms with E-state index in [-0.39, 0.29) is 11.6 Å². The molecule has 2 aromatic carbocycles. The summed E-state index contributed by atoms with van der Waals surface area (Å²) in [6, 6.07) is 9.71. The third-order valence-electron chi connectivity index (χ3n) is 4.58. The predicted molar refractivity (Wildman–Crippen MR) is 82.9 cm³/mol. The van der Waals surface area contributed by atoms with Crippen LogP contribution in [0.3, 0.4) is 0 Å². The normalized spacial score (nSPS) is 19.7. The van der Waals surface area contributed by atoms with Gasteiger partial charge in [-0.05, 0) is 55.2 Å². The zero-order chi connectivity index (χ0) is 15.2. The molecule has 0 spiro atoms. The summed E-state index contributed by atoms with van der Waals surface area (Å²) in [4.78, 5) is 11.6. The maximum absolute atomic E-state index is 11.6. The summed E-state index contributed by atoms with van der Waals surface area (Å²) in [5.74, 6) is 1.09. The van der Waals surface area contributed by atoms with Gasteiger partial charge >= 0.3 is 5.97 Å². The van der Waals surface area contributed by atoms with Crippen LogP contribution in [0.2, 0.25) is 0 Å². The van der Waals surface area contributed by atoms with E-state index in [9.17, 15) is 4.79 Å². The highest BCUT2D eigenvalue weighted by Crippen LogP contribution is 2.40. The monoisotopic (exact) mass is 284 g/mol. The second-order valence-corrected chi connectivity index (χ2v) is 6.28. The molecule has 3 heteroatoms. The number of carbonyl (C=O) groups is 1. The highest BCUT2D eigenvalue weighted by Gasteiger charge is 2.34. The van der Waals surface area contributed by atoms with Crippen molar-refractivity contribution in [2.45, 2.75) is 32.8 Å². The Hall–Kier alpha value is -2.03. The Morgan fingerprint density at radius 3 is 2.76 bits per heavy atom. The fourth-order valence-electron chi connectivity index (χ4n) is 2.86. The molecule has 0 saturated carbocycles. The smallest absolute Gasteiger partial charge is 0.337 e. The number of benzene rings is 2. The minimum atomic E-state index is -0.305. The van der Waals surface area contributed by atoms with Crippen LogP contribution >= 0.6 is 0 Å². The molecule has 0 aromatic heterocycles. The molecule has 1 unspecified atom stereocenters. The first-order chi connectivity index (χ1) is 9.92. The van der Waals surface area contributed by atoms with Crippen LogP contribution in [0, 0.1) is 5.92 Å². The fraction of sp³-hybridized carbons (Fsp3) is 0.389. The topological polar surface area (TPSA) is 35.5 Å². The summed E-state index contributed by atoms with van der Waals surface area (Å²) >= 11 is 0. The standard InChI is InChI=1S/C18H20O3/c1-11-9-15-14-7-5-13(17(19)20-4)10-12(14)6-8-16(15)21-18(11,2)3/h5-8,10-11H,9H2,1-4H3. The summed E-state index contributed by atoms with van der Waals surface area (Å²) in [7, 11) is 1.40. The molecule has 3 rings (SSSR count). The van der Waals surface area contributed by atoms with Gasteiger partial charge in [0.25, 0.3) is 0 Å². The first-order valence-corrected chi connectivity index (χ1v) is 7.25. The number of carbonyl (C=O) groups excluding carboxylic acids is 1.